The summed E-state index contributed by atoms with van der Waals surface area (Å²) in [6.07, 6.45) is 3.20. The van der Waals surface area contributed by atoms with Gasteiger partial charge in [-0.2, -0.15) is 0 Å². The molecule has 3 nitrogen and oxygen atoms in total. The van der Waals surface area contributed by atoms with E-state index in [0.29, 0.717) is 5.02 Å². The Bertz CT molecular complexity index is 505. The molecule has 0 amide bonds. The standard InChI is InChI=1S/C11H8ClNO2/c12-9-3-1-2-4-10(9)13-6-5-8(7-13)11(14)15/h1-7H,(H,14,15). The molecule has 0 saturated carbocycles. The lowest BCUT2D eigenvalue weighted by Crippen LogP contribution is -1.94. The number of nitrogens with zero attached hydrogens (tertiary/aromatic N) is 1. The zero-order chi connectivity index (χ0) is 10.8. The predicted molar refractivity (Wildman–Crippen MR) is 57.7 cm³/mol. The molecule has 0 aliphatic rings. The third kappa shape index (κ3) is 1.87. The van der Waals surface area contributed by atoms with Crippen LogP contribution in [0.1, 0.15) is 10.4 Å². The summed E-state index contributed by atoms with van der Waals surface area (Å²) in [6.45, 7) is 0. The number of hydrogen-bond donors (Lipinski definition) is 1. The van der Waals surface area contributed by atoms with Crippen molar-refractivity contribution in [2.75, 3.05) is 0 Å². The summed E-state index contributed by atoms with van der Waals surface area (Å²) in [5, 5.41) is 9.36. The molecule has 0 unspecified atom stereocenters. The van der Waals surface area contributed by atoms with Crippen molar-refractivity contribution in [3.63, 3.8) is 0 Å². The minimum absolute atomic E-state index is 0.245. The molecule has 1 aromatic carbocycles. The largest absolute Gasteiger partial charge is 0.478 e. The van der Waals surface area contributed by atoms with Crippen LogP contribution in [0.3, 0.4) is 0 Å². The summed E-state index contributed by atoms with van der Waals surface area (Å²) in [5.41, 5.74) is 1.02. The van der Waals surface area contributed by atoms with Gasteiger partial charge >= 0.3 is 5.97 Å². The van der Waals surface area contributed by atoms with E-state index in [9.17, 15) is 4.79 Å². The first-order valence-electron chi connectivity index (χ1n) is 4.34. The highest BCUT2D eigenvalue weighted by molar-refractivity contribution is 6.32. The second-order valence-corrected chi connectivity index (χ2v) is 3.47. The van der Waals surface area contributed by atoms with E-state index in [-0.39, 0.29) is 5.56 Å². The van der Waals surface area contributed by atoms with E-state index in [2.05, 4.69) is 0 Å². The molecule has 2 aromatic rings. The van der Waals surface area contributed by atoms with E-state index in [4.69, 9.17) is 16.7 Å². The molecule has 76 valence electrons. The van der Waals surface area contributed by atoms with Gasteiger partial charge in [0.1, 0.15) is 0 Å². The number of aromatic carboxylic acids is 1. The summed E-state index contributed by atoms with van der Waals surface area (Å²) in [7, 11) is 0. The van der Waals surface area contributed by atoms with Gasteiger partial charge in [0.15, 0.2) is 0 Å². The second kappa shape index (κ2) is 3.79. The molecule has 0 atom stereocenters. The molecule has 4 heteroatoms. The quantitative estimate of drug-likeness (QED) is 0.847. The van der Waals surface area contributed by atoms with Crippen LogP contribution >= 0.6 is 11.6 Å². The van der Waals surface area contributed by atoms with Gasteiger partial charge in [-0.05, 0) is 18.2 Å². The normalized spacial score (nSPS) is 10.2. The Kier molecular flexibility index (Phi) is 2.47. The van der Waals surface area contributed by atoms with Gasteiger partial charge in [-0.3, -0.25) is 0 Å². The van der Waals surface area contributed by atoms with Crippen LogP contribution in [0.15, 0.2) is 42.7 Å². The molecule has 0 fully saturated rings. The maximum atomic E-state index is 10.7. The molecule has 1 N–H and O–H groups in total. The van der Waals surface area contributed by atoms with Crippen LogP contribution in [-0.4, -0.2) is 15.6 Å². The van der Waals surface area contributed by atoms with Crippen LogP contribution in [0.5, 0.6) is 0 Å². The summed E-state index contributed by atoms with van der Waals surface area (Å²) < 4.78 is 1.69. The van der Waals surface area contributed by atoms with Crippen molar-refractivity contribution in [3.8, 4) is 5.69 Å². The van der Waals surface area contributed by atoms with Gasteiger partial charge in [-0.1, -0.05) is 23.7 Å². The van der Waals surface area contributed by atoms with Gasteiger partial charge in [0.2, 0.25) is 0 Å². The Morgan fingerprint density at radius 2 is 2.00 bits per heavy atom. The van der Waals surface area contributed by atoms with Crippen LogP contribution in [0.25, 0.3) is 5.69 Å². The smallest absolute Gasteiger partial charge is 0.337 e. The highest BCUT2D eigenvalue weighted by atomic mass is 35.5. The number of aromatic nitrogens is 1. The summed E-state index contributed by atoms with van der Waals surface area (Å²) in [4.78, 5) is 10.7. The molecule has 1 heterocycles. The fraction of sp³-hybridized carbons (Fsp3) is 0. The number of carboxylic acids is 1. The van der Waals surface area contributed by atoms with Crippen molar-refractivity contribution in [2.24, 2.45) is 0 Å². The molecule has 0 radical (unpaired) electrons. The highest BCUT2D eigenvalue weighted by Crippen LogP contribution is 2.20. The molecular formula is C11H8ClNO2. The number of carboxylic acid groups (broad SMARTS) is 1. The number of benzene rings is 1. The summed E-state index contributed by atoms with van der Waals surface area (Å²) in [5.74, 6) is -0.944. The zero-order valence-corrected chi connectivity index (χ0v) is 8.48. The van der Waals surface area contributed by atoms with Crippen molar-refractivity contribution in [2.45, 2.75) is 0 Å². The van der Waals surface area contributed by atoms with E-state index in [1.54, 1.807) is 16.8 Å². The Hall–Kier alpha value is -1.74. The van der Waals surface area contributed by atoms with E-state index >= 15 is 0 Å². The van der Waals surface area contributed by atoms with Gasteiger partial charge in [-0.25, -0.2) is 4.79 Å². The van der Waals surface area contributed by atoms with Gasteiger partial charge in [0.05, 0.1) is 16.3 Å². The third-order valence-corrected chi connectivity index (χ3v) is 2.39. The summed E-state index contributed by atoms with van der Waals surface area (Å²) in [6, 6.07) is 8.80. The van der Waals surface area contributed by atoms with Crippen molar-refractivity contribution in [1.29, 1.82) is 0 Å². The topological polar surface area (TPSA) is 42.2 Å². The summed E-state index contributed by atoms with van der Waals surface area (Å²) >= 11 is 5.98. The lowest BCUT2D eigenvalue weighted by molar-refractivity contribution is 0.0697. The SMILES string of the molecule is O=C(O)c1ccn(-c2ccccc2Cl)c1. The van der Waals surface area contributed by atoms with Gasteiger partial charge < -0.3 is 9.67 Å². The molecule has 1 aromatic heterocycles. The first kappa shape index (κ1) is 9.80. The predicted octanol–water partition coefficient (Wildman–Crippen LogP) is 2.83. The molecule has 0 aliphatic heterocycles. The van der Waals surface area contributed by atoms with Crippen molar-refractivity contribution in [3.05, 3.63) is 53.3 Å². The second-order valence-electron chi connectivity index (χ2n) is 3.06. The molecule has 2 rings (SSSR count). The van der Waals surface area contributed by atoms with Crippen molar-refractivity contribution < 1.29 is 9.90 Å². The average Bonchev–Trinajstić information content (AvgIpc) is 2.67. The number of para-hydroxylation sites is 1. The minimum Gasteiger partial charge on any atom is -0.478 e. The van der Waals surface area contributed by atoms with E-state index in [1.165, 1.54) is 12.3 Å². The minimum atomic E-state index is -0.944. The van der Waals surface area contributed by atoms with E-state index < -0.39 is 5.97 Å². The lowest BCUT2D eigenvalue weighted by atomic mass is 10.3. The first-order chi connectivity index (χ1) is 7.18. The molecule has 0 spiro atoms. The number of hydrogen-bond acceptors (Lipinski definition) is 1. The van der Waals surface area contributed by atoms with Crippen LogP contribution in [0.2, 0.25) is 5.02 Å². The molecule has 15 heavy (non-hydrogen) atoms. The van der Waals surface area contributed by atoms with Gasteiger partial charge in [0.25, 0.3) is 0 Å². The monoisotopic (exact) mass is 221 g/mol. The van der Waals surface area contributed by atoms with Crippen molar-refractivity contribution in [1.82, 2.24) is 4.57 Å². The molecular weight excluding hydrogens is 214 g/mol. The van der Waals surface area contributed by atoms with Crippen LogP contribution in [0.4, 0.5) is 0 Å². The fourth-order valence-corrected chi connectivity index (χ4v) is 1.57. The Morgan fingerprint density at radius 1 is 1.27 bits per heavy atom. The Morgan fingerprint density at radius 3 is 2.60 bits per heavy atom. The van der Waals surface area contributed by atoms with Gasteiger partial charge in [-0.15, -0.1) is 0 Å². The molecule has 0 aliphatic carbocycles. The highest BCUT2D eigenvalue weighted by Gasteiger charge is 2.06. The maximum absolute atomic E-state index is 10.7. The first-order valence-corrected chi connectivity index (χ1v) is 4.72. The van der Waals surface area contributed by atoms with Gasteiger partial charge in [0, 0.05) is 12.4 Å². The van der Waals surface area contributed by atoms with E-state index in [0.717, 1.165) is 5.69 Å². The fourth-order valence-electron chi connectivity index (χ4n) is 1.33. The average molecular weight is 222 g/mol. The number of rotatable bonds is 2. The molecule has 0 bridgehead atoms. The third-order valence-electron chi connectivity index (χ3n) is 2.07. The maximum Gasteiger partial charge on any atom is 0.337 e. The Balaban J connectivity index is 2.46. The zero-order valence-electron chi connectivity index (χ0n) is 7.72. The van der Waals surface area contributed by atoms with Crippen LogP contribution < -0.4 is 0 Å². The number of carbonyl (C=O) groups is 1. The van der Waals surface area contributed by atoms with Crippen LogP contribution in [0, 0.1) is 0 Å². The van der Waals surface area contributed by atoms with Crippen molar-refractivity contribution >= 4 is 17.6 Å². The lowest BCUT2D eigenvalue weighted by Gasteiger charge is -2.03. The Labute approximate surface area is 91.5 Å². The van der Waals surface area contributed by atoms with Crippen LogP contribution in [-0.2, 0) is 0 Å². The number of halogens is 1. The molecule has 0 saturated heterocycles. The van der Waals surface area contributed by atoms with E-state index in [1.807, 2.05) is 18.2 Å².